The van der Waals surface area contributed by atoms with Crippen molar-refractivity contribution in [3.63, 3.8) is 0 Å². The van der Waals surface area contributed by atoms with Crippen LogP contribution in [0.15, 0.2) is 42.6 Å². The van der Waals surface area contributed by atoms with Gasteiger partial charge in [-0.15, -0.1) is 0 Å². The number of carbonyl (C=O) groups is 1. The third-order valence-electron chi connectivity index (χ3n) is 2.79. The van der Waals surface area contributed by atoms with Gasteiger partial charge in [0.05, 0.1) is 23.6 Å². The number of hydrogen-bond donors (Lipinski definition) is 2. The van der Waals surface area contributed by atoms with Crippen molar-refractivity contribution in [1.29, 1.82) is 0 Å². The Hall–Kier alpha value is -2.56. The first kappa shape index (κ1) is 14.8. The van der Waals surface area contributed by atoms with Gasteiger partial charge in [-0.25, -0.2) is 9.78 Å². The van der Waals surface area contributed by atoms with Crippen molar-refractivity contribution in [3.05, 3.63) is 53.7 Å². The first-order valence-electron chi connectivity index (χ1n) is 6.73. The first-order valence-corrected chi connectivity index (χ1v) is 6.73. The van der Waals surface area contributed by atoms with Gasteiger partial charge in [0.2, 0.25) is 5.88 Å². The van der Waals surface area contributed by atoms with Gasteiger partial charge in [0.25, 0.3) is 0 Å². The number of rotatable bonds is 6. The maximum absolute atomic E-state index is 10.8. The van der Waals surface area contributed by atoms with E-state index >= 15 is 0 Å². The van der Waals surface area contributed by atoms with Crippen LogP contribution in [0.2, 0.25) is 0 Å². The highest BCUT2D eigenvalue weighted by Gasteiger charge is 2.02. The fourth-order valence-corrected chi connectivity index (χ4v) is 1.77. The molecule has 0 radical (unpaired) electrons. The predicted molar refractivity (Wildman–Crippen MR) is 80.7 cm³/mol. The Kier molecular flexibility index (Phi) is 4.77. The molecule has 0 saturated carbocycles. The molecule has 1 heterocycles. The van der Waals surface area contributed by atoms with Gasteiger partial charge in [-0.05, 0) is 37.6 Å². The Balaban J connectivity index is 1.91. The standard InChI is InChI=1S/C16H18N2O3/c1-11(2)21-15-8-7-14(10-18-15)17-9-12-3-5-13(6-4-12)16(19)20/h3-8,10-11,17H,9H2,1-2H3,(H,19,20). The van der Waals surface area contributed by atoms with Crippen LogP contribution in [-0.2, 0) is 6.54 Å². The van der Waals surface area contributed by atoms with E-state index in [1.807, 2.05) is 26.0 Å². The molecule has 0 amide bonds. The van der Waals surface area contributed by atoms with Crippen LogP contribution in [0.5, 0.6) is 5.88 Å². The zero-order valence-electron chi connectivity index (χ0n) is 12.0. The van der Waals surface area contributed by atoms with E-state index in [1.54, 1.807) is 30.5 Å². The molecule has 0 bridgehead atoms. The number of carboxylic acids is 1. The van der Waals surface area contributed by atoms with E-state index < -0.39 is 5.97 Å². The van der Waals surface area contributed by atoms with Crippen molar-refractivity contribution in [2.75, 3.05) is 5.32 Å². The van der Waals surface area contributed by atoms with Gasteiger partial charge < -0.3 is 15.2 Å². The molecular formula is C16H18N2O3. The van der Waals surface area contributed by atoms with Crippen LogP contribution in [0.25, 0.3) is 0 Å². The van der Waals surface area contributed by atoms with Gasteiger partial charge in [-0.1, -0.05) is 12.1 Å². The zero-order valence-corrected chi connectivity index (χ0v) is 12.0. The molecule has 0 fully saturated rings. The molecule has 0 spiro atoms. The monoisotopic (exact) mass is 286 g/mol. The minimum atomic E-state index is -0.917. The molecule has 0 atom stereocenters. The predicted octanol–water partition coefficient (Wildman–Crippen LogP) is 3.18. The molecule has 0 unspecified atom stereocenters. The number of aromatic nitrogens is 1. The number of ether oxygens (including phenoxy) is 1. The molecule has 2 aromatic rings. The van der Waals surface area contributed by atoms with E-state index in [0.29, 0.717) is 12.4 Å². The summed E-state index contributed by atoms with van der Waals surface area (Å²) in [6.07, 6.45) is 1.81. The number of nitrogens with zero attached hydrogens (tertiary/aromatic N) is 1. The summed E-state index contributed by atoms with van der Waals surface area (Å²) in [5.41, 5.74) is 2.17. The van der Waals surface area contributed by atoms with Crippen LogP contribution in [-0.4, -0.2) is 22.2 Å². The highest BCUT2D eigenvalue weighted by molar-refractivity contribution is 5.87. The summed E-state index contributed by atoms with van der Waals surface area (Å²) in [7, 11) is 0. The second kappa shape index (κ2) is 6.74. The highest BCUT2D eigenvalue weighted by Crippen LogP contribution is 2.14. The number of aromatic carboxylic acids is 1. The van der Waals surface area contributed by atoms with Crippen molar-refractivity contribution in [2.24, 2.45) is 0 Å². The van der Waals surface area contributed by atoms with Gasteiger partial charge in [-0.2, -0.15) is 0 Å². The van der Waals surface area contributed by atoms with Crippen molar-refractivity contribution < 1.29 is 14.6 Å². The topological polar surface area (TPSA) is 71.5 Å². The Morgan fingerprint density at radius 1 is 1.24 bits per heavy atom. The summed E-state index contributed by atoms with van der Waals surface area (Å²) < 4.78 is 5.47. The largest absolute Gasteiger partial charge is 0.478 e. The van der Waals surface area contributed by atoms with Crippen LogP contribution in [0.4, 0.5) is 5.69 Å². The highest BCUT2D eigenvalue weighted by atomic mass is 16.5. The fourth-order valence-electron chi connectivity index (χ4n) is 1.77. The third-order valence-corrected chi connectivity index (χ3v) is 2.79. The fraction of sp³-hybridized carbons (Fsp3) is 0.250. The molecule has 1 aromatic heterocycles. The maximum Gasteiger partial charge on any atom is 0.335 e. The van der Waals surface area contributed by atoms with Crippen LogP contribution >= 0.6 is 0 Å². The van der Waals surface area contributed by atoms with Gasteiger partial charge in [0.1, 0.15) is 0 Å². The lowest BCUT2D eigenvalue weighted by molar-refractivity contribution is 0.0697. The van der Waals surface area contributed by atoms with Crippen LogP contribution in [0, 0.1) is 0 Å². The molecule has 110 valence electrons. The molecule has 2 rings (SSSR count). The summed E-state index contributed by atoms with van der Waals surface area (Å²) in [4.78, 5) is 15.0. The van der Waals surface area contributed by atoms with Gasteiger partial charge in [0.15, 0.2) is 0 Å². The van der Waals surface area contributed by atoms with E-state index in [0.717, 1.165) is 11.3 Å². The molecule has 21 heavy (non-hydrogen) atoms. The van der Waals surface area contributed by atoms with Crippen molar-refractivity contribution >= 4 is 11.7 Å². The average molecular weight is 286 g/mol. The molecular weight excluding hydrogens is 268 g/mol. The lowest BCUT2D eigenvalue weighted by atomic mass is 10.1. The van der Waals surface area contributed by atoms with E-state index in [2.05, 4.69) is 10.3 Å². The third kappa shape index (κ3) is 4.49. The number of hydrogen-bond acceptors (Lipinski definition) is 4. The number of pyridine rings is 1. The minimum Gasteiger partial charge on any atom is -0.478 e. The van der Waals surface area contributed by atoms with Gasteiger partial charge >= 0.3 is 5.97 Å². The summed E-state index contributed by atoms with van der Waals surface area (Å²) >= 11 is 0. The number of anilines is 1. The number of carboxylic acid groups (broad SMARTS) is 1. The van der Waals surface area contributed by atoms with Crippen LogP contribution < -0.4 is 10.1 Å². The van der Waals surface area contributed by atoms with Crippen molar-refractivity contribution in [2.45, 2.75) is 26.5 Å². The smallest absolute Gasteiger partial charge is 0.335 e. The molecule has 0 aliphatic heterocycles. The maximum atomic E-state index is 10.8. The van der Waals surface area contributed by atoms with Crippen LogP contribution in [0.3, 0.4) is 0 Å². The minimum absolute atomic E-state index is 0.101. The van der Waals surface area contributed by atoms with Crippen molar-refractivity contribution in [3.8, 4) is 5.88 Å². The molecule has 0 saturated heterocycles. The first-order chi connectivity index (χ1) is 10.0. The summed E-state index contributed by atoms with van der Waals surface area (Å²) in [5.74, 6) is -0.319. The Morgan fingerprint density at radius 3 is 2.48 bits per heavy atom. The normalized spacial score (nSPS) is 10.4. The number of benzene rings is 1. The lowest BCUT2D eigenvalue weighted by Gasteiger charge is -2.10. The summed E-state index contributed by atoms with van der Waals surface area (Å²) in [6.45, 7) is 4.51. The van der Waals surface area contributed by atoms with Gasteiger partial charge in [0, 0.05) is 12.6 Å². The van der Waals surface area contributed by atoms with E-state index in [-0.39, 0.29) is 11.7 Å². The summed E-state index contributed by atoms with van der Waals surface area (Å²) in [6, 6.07) is 10.5. The molecule has 0 aliphatic rings. The SMILES string of the molecule is CC(C)Oc1ccc(NCc2ccc(C(=O)O)cc2)cn1. The zero-order chi connectivity index (χ0) is 15.2. The summed E-state index contributed by atoms with van der Waals surface area (Å²) in [5, 5.41) is 12.1. The second-order valence-electron chi connectivity index (χ2n) is 4.91. The Bertz CT molecular complexity index is 592. The molecule has 5 nitrogen and oxygen atoms in total. The van der Waals surface area contributed by atoms with E-state index in [9.17, 15) is 4.79 Å². The van der Waals surface area contributed by atoms with E-state index in [4.69, 9.17) is 9.84 Å². The van der Waals surface area contributed by atoms with Crippen LogP contribution in [0.1, 0.15) is 29.8 Å². The Morgan fingerprint density at radius 2 is 1.95 bits per heavy atom. The average Bonchev–Trinajstić information content (AvgIpc) is 2.46. The quantitative estimate of drug-likeness (QED) is 0.853. The molecule has 0 aliphatic carbocycles. The number of nitrogens with one attached hydrogen (secondary N) is 1. The molecule has 5 heteroatoms. The van der Waals surface area contributed by atoms with E-state index in [1.165, 1.54) is 0 Å². The molecule has 2 N–H and O–H groups in total. The van der Waals surface area contributed by atoms with Crippen molar-refractivity contribution in [1.82, 2.24) is 4.98 Å². The molecule has 1 aromatic carbocycles. The lowest BCUT2D eigenvalue weighted by Crippen LogP contribution is -2.07. The Labute approximate surface area is 123 Å². The van der Waals surface area contributed by atoms with Gasteiger partial charge in [-0.3, -0.25) is 0 Å². The second-order valence-corrected chi connectivity index (χ2v) is 4.91.